The van der Waals surface area contributed by atoms with E-state index < -0.39 is 5.82 Å². The number of hydrogen-bond acceptors (Lipinski definition) is 10. The fourth-order valence-electron chi connectivity index (χ4n) is 5.65. The van der Waals surface area contributed by atoms with E-state index in [2.05, 4.69) is 10.3 Å². The Morgan fingerprint density at radius 1 is 0.623 bits per heavy atom. The molecule has 0 amide bonds. The Morgan fingerprint density at radius 3 is 1.94 bits per heavy atom. The number of aryl methyl sites for hydroxylation is 1. The SMILES string of the molecule is O=c1cc(-c2ccc(OCCOCCOCCn3cc(CCCOc4ccc(-c5cc(=O)c6ccc(F)cc6o5)cc4)nn3)cc2)oc2ccccc12. The van der Waals surface area contributed by atoms with Gasteiger partial charge in [-0.2, -0.15) is 0 Å². The number of para-hydroxylation sites is 1. The number of halogens is 1. The van der Waals surface area contributed by atoms with Gasteiger partial charge in [-0.1, -0.05) is 17.3 Å². The van der Waals surface area contributed by atoms with E-state index in [1.807, 2.05) is 42.6 Å². The molecule has 12 heteroatoms. The van der Waals surface area contributed by atoms with Crippen LogP contribution in [0.3, 0.4) is 0 Å². The van der Waals surface area contributed by atoms with E-state index in [1.54, 1.807) is 41.1 Å². The van der Waals surface area contributed by atoms with E-state index >= 15 is 0 Å². The first-order chi connectivity index (χ1) is 26.0. The molecule has 0 N–H and O–H groups in total. The lowest BCUT2D eigenvalue weighted by Crippen LogP contribution is -2.13. The largest absolute Gasteiger partial charge is 0.494 e. The number of nitrogens with zero attached hydrogens (tertiary/aromatic N) is 3. The molecule has 0 spiro atoms. The molecular formula is C41H36FN3O8. The van der Waals surface area contributed by atoms with E-state index in [0.29, 0.717) is 97.5 Å². The third-order valence-electron chi connectivity index (χ3n) is 8.37. The quantitative estimate of drug-likeness (QED) is 0.0901. The third-order valence-corrected chi connectivity index (χ3v) is 8.37. The number of ether oxygens (including phenoxy) is 4. The van der Waals surface area contributed by atoms with Crippen molar-refractivity contribution in [1.29, 1.82) is 0 Å². The highest BCUT2D eigenvalue weighted by molar-refractivity contribution is 5.79. The van der Waals surface area contributed by atoms with Gasteiger partial charge in [-0.05, 0) is 85.6 Å². The summed E-state index contributed by atoms with van der Waals surface area (Å²) in [5, 5.41) is 9.30. The van der Waals surface area contributed by atoms with Crippen LogP contribution in [0, 0.1) is 5.82 Å². The lowest BCUT2D eigenvalue weighted by Gasteiger charge is -2.09. The van der Waals surface area contributed by atoms with Gasteiger partial charge in [-0.15, -0.1) is 5.10 Å². The van der Waals surface area contributed by atoms with Crippen LogP contribution in [0.2, 0.25) is 0 Å². The van der Waals surface area contributed by atoms with E-state index in [-0.39, 0.29) is 16.4 Å². The first-order valence-corrected chi connectivity index (χ1v) is 17.3. The lowest BCUT2D eigenvalue weighted by atomic mass is 10.1. The molecule has 0 saturated carbocycles. The maximum absolute atomic E-state index is 13.6. The normalized spacial score (nSPS) is 11.3. The van der Waals surface area contributed by atoms with Gasteiger partial charge in [-0.3, -0.25) is 9.59 Å². The van der Waals surface area contributed by atoms with Gasteiger partial charge in [0.05, 0.1) is 56.0 Å². The fraction of sp³-hybridized carbons (Fsp3) is 0.220. The minimum absolute atomic E-state index is 0.0770. The first-order valence-electron chi connectivity index (χ1n) is 17.3. The summed E-state index contributed by atoms with van der Waals surface area (Å²) < 4.78 is 50.0. The highest BCUT2D eigenvalue weighted by Crippen LogP contribution is 2.26. The van der Waals surface area contributed by atoms with Gasteiger partial charge in [0.25, 0.3) is 0 Å². The standard InChI is InChI=1S/C41H36FN3O8/c42-30-11-16-35-37(47)26-40(53-41(35)24-30)29-7-12-32(13-8-29)50-18-3-4-31-27-45(44-43-31)17-19-48-20-21-49-22-23-51-33-14-9-28(10-15-33)39-25-36(46)34-5-1-2-6-38(34)52-39/h1-2,5-16,24-27H,3-4,17-23H2. The summed E-state index contributed by atoms with van der Waals surface area (Å²) in [7, 11) is 0. The molecule has 0 fully saturated rings. The van der Waals surface area contributed by atoms with Gasteiger partial charge in [0.1, 0.15) is 46.6 Å². The van der Waals surface area contributed by atoms with Gasteiger partial charge < -0.3 is 27.8 Å². The summed E-state index contributed by atoms with van der Waals surface area (Å²) >= 11 is 0. The monoisotopic (exact) mass is 717 g/mol. The van der Waals surface area contributed by atoms with Crippen molar-refractivity contribution in [2.75, 3.05) is 39.6 Å². The molecule has 0 aliphatic heterocycles. The second kappa shape index (κ2) is 16.9. The average Bonchev–Trinajstić information content (AvgIpc) is 3.63. The lowest BCUT2D eigenvalue weighted by molar-refractivity contribution is 0.0333. The van der Waals surface area contributed by atoms with Crippen molar-refractivity contribution >= 4 is 21.9 Å². The topological polar surface area (TPSA) is 128 Å². The predicted molar refractivity (Wildman–Crippen MR) is 197 cm³/mol. The molecule has 0 atom stereocenters. The smallest absolute Gasteiger partial charge is 0.193 e. The molecule has 270 valence electrons. The highest BCUT2D eigenvalue weighted by Gasteiger charge is 2.10. The van der Waals surface area contributed by atoms with Crippen molar-refractivity contribution in [2.24, 2.45) is 0 Å². The Hall–Kier alpha value is -6.11. The van der Waals surface area contributed by atoms with Crippen LogP contribution in [0.4, 0.5) is 4.39 Å². The van der Waals surface area contributed by atoms with Gasteiger partial charge in [0, 0.05) is 35.5 Å². The number of rotatable bonds is 17. The zero-order chi connectivity index (χ0) is 36.4. The maximum atomic E-state index is 13.6. The number of benzene rings is 4. The Morgan fingerprint density at radius 2 is 1.23 bits per heavy atom. The Kier molecular flexibility index (Phi) is 11.3. The van der Waals surface area contributed by atoms with Crippen LogP contribution in [0.25, 0.3) is 44.6 Å². The van der Waals surface area contributed by atoms with Crippen molar-refractivity contribution < 1.29 is 32.2 Å². The van der Waals surface area contributed by atoms with Crippen molar-refractivity contribution in [3.05, 3.63) is 141 Å². The Labute approximate surface area is 303 Å². The molecule has 0 bridgehead atoms. The van der Waals surface area contributed by atoms with Crippen LogP contribution in [-0.2, 0) is 22.4 Å². The molecule has 0 radical (unpaired) electrons. The van der Waals surface area contributed by atoms with Gasteiger partial charge in [0.15, 0.2) is 10.9 Å². The molecule has 53 heavy (non-hydrogen) atoms. The Bertz CT molecular complexity index is 2410. The molecule has 0 unspecified atom stereocenters. The van der Waals surface area contributed by atoms with Crippen molar-refractivity contribution in [3.8, 4) is 34.1 Å². The van der Waals surface area contributed by atoms with E-state index in [9.17, 15) is 14.0 Å². The number of aromatic nitrogens is 3. The highest BCUT2D eigenvalue weighted by atomic mass is 19.1. The second-order valence-electron chi connectivity index (χ2n) is 12.1. The van der Waals surface area contributed by atoms with Gasteiger partial charge in [-0.25, -0.2) is 9.07 Å². The molecule has 3 aromatic heterocycles. The summed E-state index contributed by atoms with van der Waals surface area (Å²) in [5.41, 5.74) is 2.80. The van der Waals surface area contributed by atoms with E-state index in [4.69, 9.17) is 27.8 Å². The molecule has 7 rings (SSSR count). The first kappa shape index (κ1) is 35.3. The minimum atomic E-state index is -0.464. The van der Waals surface area contributed by atoms with Crippen LogP contribution in [0.1, 0.15) is 12.1 Å². The van der Waals surface area contributed by atoms with Crippen LogP contribution in [-0.4, -0.2) is 54.6 Å². The molecule has 0 aliphatic carbocycles. The summed E-state index contributed by atoms with van der Waals surface area (Å²) in [4.78, 5) is 24.8. The molecule has 7 aromatic rings. The van der Waals surface area contributed by atoms with Crippen LogP contribution >= 0.6 is 0 Å². The average molecular weight is 718 g/mol. The molecular weight excluding hydrogens is 681 g/mol. The third kappa shape index (κ3) is 9.23. The van der Waals surface area contributed by atoms with Crippen LogP contribution in [0.5, 0.6) is 11.5 Å². The fourth-order valence-corrected chi connectivity index (χ4v) is 5.65. The minimum Gasteiger partial charge on any atom is -0.494 e. The summed E-state index contributed by atoms with van der Waals surface area (Å²) in [6.45, 7) is 3.23. The maximum Gasteiger partial charge on any atom is 0.193 e. The summed E-state index contributed by atoms with van der Waals surface area (Å²) in [6.07, 6.45) is 3.36. The number of fused-ring (bicyclic) bond motifs is 2. The van der Waals surface area contributed by atoms with Crippen molar-refractivity contribution in [1.82, 2.24) is 15.0 Å². The van der Waals surface area contributed by atoms with E-state index in [0.717, 1.165) is 17.7 Å². The zero-order valence-electron chi connectivity index (χ0n) is 28.7. The van der Waals surface area contributed by atoms with E-state index in [1.165, 1.54) is 30.3 Å². The number of hydrogen-bond donors (Lipinski definition) is 0. The van der Waals surface area contributed by atoms with Crippen molar-refractivity contribution in [3.63, 3.8) is 0 Å². The second-order valence-corrected chi connectivity index (χ2v) is 12.1. The van der Waals surface area contributed by atoms with Crippen LogP contribution < -0.4 is 20.3 Å². The summed E-state index contributed by atoms with van der Waals surface area (Å²) in [6, 6.07) is 28.6. The van der Waals surface area contributed by atoms with Crippen LogP contribution in [0.15, 0.2) is 128 Å². The van der Waals surface area contributed by atoms with Gasteiger partial charge >= 0.3 is 0 Å². The Balaban J connectivity index is 0.738. The predicted octanol–water partition coefficient (Wildman–Crippen LogP) is 7.09. The molecule has 3 heterocycles. The molecule has 11 nitrogen and oxygen atoms in total. The van der Waals surface area contributed by atoms with Gasteiger partial charge in [0.2, 0.25) is 0 Å². The summed E-state index contributed by atoms with van der Waals surface area (Å²) in [5.74, 6) is 1.78. The molecule has 0 aliphatic rings. The van der Waals surface area contributed by atoms with Crippen molar-refractivity contribution in [2.45, 2.75) is 19.4 Å². The molecule has 4 aromatic carbocycles. The zero-order valence-corrected chi connectivity index (χ0v) is 28.7. The molecule has 0 saturated heterocycles.